The van der Waals surface area contributed by atoms with E-state index in [0.717, 1.165) is 109 Å². The van der Waals surface area contributed by atoms with Crippen LogP contribution in [0.5, 0.6) is 5.75 Å². The van der Waals surface area contributed by atoms with Gasteiger partial charge in [0.25, 0.3) is 0 Å². The summed E-state index contributed by atoms with van der Waals surface area (Å²) in [6.07, 6.45) is 44.1. The number of anilines is 1. The Balaban J connectivity index is 0.000000194. The maximum atomic E-state index is 11.2. The van der Waals surface area contributed by atoms with Crippen LogP contribution in [0.4, 0.5) is 5.69 Å². The van der Waals surface area contributed by atoms with Crippen LogP contribution in [0.1, 0.15) is 237 Å². The van der Waals surface area contributed by atoms with E-state index in [9.17, 15) is 40.9 Å². The van der Waals surface area contributed by atoms with Gasteiger partial charge in [-0.05, 0) is 57.4 Å². The van der Waals surface area contributed by atoms with Gasteiger partial charge in [-0.1, -0.05) is 257 Å². The van der Waals surface area contributed by atoms with Crippen LogP contribution in [0.3, 0.4) is 0 Å². The van der Waals surface area contributed by atoms with Crippen molar-refractivity contribution < 1.29 is 192 Å². The minimum atomic E-state index is -1.17. The number of nitrogens with zero attached hydrogens (tertiary/aromatic N) is 7. The summed E-state index contributed by atoms with van der Waals surface area (Å²) in [7, 11) is 0. The minimum Gasteiger partial charge on any atom is -0.871 e. The monoisotopic (exact) mass is 1810 g/mol. The maximum Gasteiger partial charge on any atom is 0.148 e. The van der Waals surface area contributed by atoms with Gasteiger partial charge in [-0.3, -0.25) is 0 Å². The number of piperidine rings is 7. The van der Waals surface area contributed by atoms with Crippen LogP contribution in [0.25, 0.3) is 43.3 Å². The molecule has 21 heteroatoms. The molecule has 10 N–H and O–H groups in total. The van der Waals surface area contributed by atoms with Gasteiger partial charge in [0.1, 0.15) is 6.29 Å². The predicted octanol–water partition coefficient (Wildman–Crippen LogP) is 12.3. The molecular weight excluding hydrogens is 1680 g/mol. The molecule has 14 fully saturated rings. The van der Waals surface area contributed by atoms with Crippen LogP contribution in [0, 0.1) is 182 Å². The van der Waals surface area contributed by atoms with Gasteiger partial charge in [0, 0.05) is 196 Å². The molecule has 1 aromatic carbocycles. The van der Waals surface area contributed by atoms with Crippen molar-refractivity contribution in [3.05, 3.63) is 67.1 Å². The third-order valence-corrected chi connectivity index (χ3v) is 22.9. The van der Waals surface area contributed by atoms with Gasteiger partial charge < -0.3 is 93.6 Å². The van der Waals surface area contributed by atoms with Gasteiger partial charge in [-0.15, -0.1) is 88.1 Å². The molecule has 8 heterocycles. The summed E-state index contributed by atoms with van der Waals surface area (Å²) in [5.74, 6) is 5.08. The van der Waals surface area contributed by atoms with E-state index in [1.165, 1.54) is 187 Å². The van der Waals surface area contributed by atoms with E-state index in [1.807, 2.05) is 18.2 Å². The topological polar surface area (TPSA) is 316 Å². The van der Waals surface area contributed by atoms with Crippen molar-refractivity contribution in [3.63, 3.8) is 0 Å². The van der Waals surface area contributed by atoms with Crippen LogP contribution < -0.4 is 10.4 Å². The summed E-state index contributed by atoms with van der Waals surface area (Å²) in [4.78, 5) is 0. The van der Waals surface area contributed by atoms with E-state index in [4.69, 9.17) is 10.2 Å². The number of nitrogens with one attached hydrogen (secondary N) is 1. The molecule has 0 amide bonds. The Morgan fingerprint density at radius 2 is 0.537 bits per heavy atom. The Kier molecular flexibility index (Phi) is 45.8. The summed E-state index contributed by atoms with van der Waals surface area (Å²) >= 11 is 0. The molecule has 0 aromatic heterocycles. The molecule has 1 aromatic rings. The van der Waals surface area contributed by atoms with Gasteiger partial charge in [0.05, 0.1) is 0 Å². The summed E-state index contributed by atoms with van der Waals surface area (Å²) in [5.41, 5.74) is 1.72. The zero-order valence-electron chi connectivity index (χ0n) is 57.4. The molecule has 16 rings (SSSR count). The van der Waals surface area contributed by atoms with E-state index in [2.05, 4.69) is 42.5 Å². The zero-order chi connectivity index (χ0) is 65.0. The minimum absolute atomic E-state index is 0. The van der Waals surface area contributed by atoms with Crippen molar-refractivity contribution >= 4 is 11.8 Å². The average Bonchev–Trinajstić information content (AvgIpc) is 3.24. The average molecular weight is 1810 g/mol. The van der Waals surface area contributed by atoms with Crippen molar-refractivity contribution in [2.45, 2.75) is 323 Å². The van der Waals surface area contributed by atoms with Gasteiger partial charge in [0.15, 0.2) is 0 Å². The number of fused-ring (bicyclic) bond motifs is 8. The second kappa shape index (κ2) is 49.4. The first-order chi connectivity index (χ1) is 44.7. The molecule has 572 valence electrons. The molecule has 7 saturated heterocycles. The van der Waals surface area contributed by atoms with Crippen molar-refractivity contribution in [2.75, 3.05) is 57.7 Å². The molecule has 15 aliphatic rings. The summed E-state index contributed by atoms with van der Waals surface area (Å²) in [6, 6.07) is 7.40. The molecule has 21 unspecified atom stereocenters. The van der Waals surface area contributed by atoms with E-state index in [0.29, 0.717) is 83.7 Å². The quantitative estimate of drug-likeness (QED) is 0.109. The van der Waals surface area contributed by atoms with Crippen molar-refractivity contribution in [1.82, 2.24) is 0 Å². The number of rotatable bonds is 0. The SMILES string of the molecule is CC(O)O.OC1CCCC2CCC[N-]C12.OC1CCCC2CCC[N-]C12.OC1CCCC2CCC[N-]C12.OC1CCCC2CCC[N-]C12.OC1CCCC2CCC[N-]C12.OC1CCCC2CCC[N-]C12.OC1CCCC2CCC[N-]C12.[O-]c1cccc2c1NCC=C2.[Yb].[Yb].[Yb]. The van der Waals surface area contributed by atoms with E-state index >= 15 is 0 Å². The van der Waals surface area contributed by atoms with Crippen LogP contribution in [0.2, 0.25) is 0 Å². The van der Waals surface area contributed by atoms with Crippen molar-refractivity contribution in [3.8, 4) is 5.75 Å². The third kappa shape index (κ3) is 29.6. The van der Waals surface area contributed by atoms with Crippen molar-refractivity contribution in [1.29, 1.82) is 0 Å². The van der Waals surface area contributed by atoms with Crippen LogP contribution >= 0.6 is 0 Å². The van der Waals surface area contributed by atoms with E-state index in [1.54, 1.807) is 12.1 Å². The van der Waals surface area contributed by atoms with Crippen LogP contribution in [-0.4, -0.2) is 190 Å². The van der Waals surface area contributed by atoms with Crippen molar-refractivity contribution in [2.24, 2.45) is 41.4 Å². The van der Waals surface area contributed by atoms with Gasteiger partial charge in [-0.2, -0.15) is 0 Å². The smallest absolute Gasteiger partial charge is 0.148 e. The fourth-order valence-corrected chi connectivity index (χ4v) is 18.2. The molecule has 7 aliphatic carbocycles. The zero-order valence-corrected chi connectivity index (χ0v) is 62.5. The molecule has 0 radical (unpaired) electrons. The second-order valence-electron chi connectivity index (χ2n) is 29.7. The molecule has 21 atom stereocenters. The summed E-state index contributed by atoms with van der Waals surface area (Å²) in [6.45, 7) is 8.92. The Bertz CT molecular complexity index is 1860. The standard InChI is InChI=1S/7C9H16NO.C9H9NO.C2H6O2.3Yb/c8*11-8-5-1-3-7-4-2-6-10-9(7)8;1-2(3)4;;;/h7*7-9,11H,1-6H2;1-5,10-11H,6H2;2-4H,1H3;;;/q7*-1;;;;;/p-1. The molecule has 0 spiro atoms. The third-order valence-electron chi connectivity index (χ3n) is 22.9. The fourth-order valence-electron chi connectivity index (χ4n) is 18.2. The number of aliphatic hydroxyl groups is 9. The Labute approximate surface area is 689 Å². The van der Waals surface area contributed by atoms with E-state index < -0.39 is 6.29 Å². The first-order valence-corrected chi connectivity index (χ1v) is 37.7. The molecule has 18 nitrogen and oxygen atoms in total. The first kappa shape index (κ1) is 88.1. The Morgan fingerprint density at radius 1 is 0.337 bits per heavy atom. The molecule has 8 aliphatic heterocycles. The Morgan fingerprint density at radius 3 is 0.726 bits per heavy atom. The molecule has 95 heavy (non-hydrogen) atoms. The summed E-state index contributed by atoms with van der Waals surface area (Å²) in [5, 5.41) is 128. The fraction of sp³-hybridized carbons (Fsp3) is 0.892. The maximum absolute atomic E-state index is 11.2. The number of hydrogen-bond donors (Lipinski definition) is 10. The van der Waals surface area contributed by atoms with Gasteiger partial charge >= 0.3 is 0 Å². The van der Waals surface area contributed by atoms with Gasteiger partial charge in [-0.25, -0.2) is 0 Å². The predicted molar refractivity (Wildman–Crippen MR) is 369 cm³/mol. The van der Waals surface area contributed by atoms with Gasteiger partial charge in [0.2, 0.25) is 0 Å². The molecule has 7 saturated carbocycles. The summed E-state index contributed by atoms with van der Waals surface area (Å²) < 4.78 is 0. The normalized spacial score (nSPS) is 38.5. The molecular formula is C74H126N8O10Yb3-8. The first-order valence-electron chi connectivity index (χ1n) is 37.7. The number of para-hydroxylation sites is 1. The number of aliphatic hydroxyl groups excluding tert-OH is 8. The second-order valence-corrected chi connectivity index (χ2v) is 29.7. The van der Waals surface area contributed by atoms with Crippen LogP contribution in [-0.2, 0) is 0 Å². The molecule has 0 bridgehead atoms. The number of hydrogen-bond acceptors (Lipinski definition) is 11. The van der Waals surface area contributed by atoms with E-state index in [-0.39, 0.29) is 189 Å². The number of benzene rings is 1. The largest absolute Gasteiger partial charge is 0.871 e. The van der Waals surface area contributed by atoms with Crippen LogP contribution in [0.15, 0.2) is 24.3 Å². The Hall–Kier alpha value is 2.48.